The van der Waals surface area contributed by atoms with Gasteiger partial charge in [-0.1, -0.05) is 0 Å². The molecule has 0 aromatic heterocycles. The molecule has 1 aliphatic rings. The molecule has 1 aromatic carbocycles. The summed E-state index contributed by atoms with van der Waals surface area (Å²) in [4.78, 5) is 11.1. The number of fused-ring (bicyclic) bond motifs is 1. The van der Waals surface area contributed by atoms with Crippen molar-refractivity contribution in [2.24, 2.45) is 5.10 Å². The van der Waals surface area contributed by atoms with E-state index in [0.29, 0.717) is 0 Å². The van der Waals surface area contributed by atoms with E-state index in [0.717, 1.165) is 25.3 Å². The summed E-state index contributed by atoms with van der Waals surface area (Å²) in [6, 6.07) is 4.06. The van der Waals surface area contributed by atoms with Crippen LogP contribution in [0.3, 0.4) is 0 Å². The summed E-state index contributed by atoms with van der Waals surface area (Å²) < 4.78 is 64.3. The third-order valence-electron chi connectivity index (χ3n) is 2.55. The van der Waals surface area contributed by atoms with Crippen LogP contribution in [-0.2, 0) is 20.4 Å². The molecule has 0 unspecified atom stereocenters. The number of hydrogen-bond donors (Lipinski definition) is 1. The average molecular weight is 333 g/mol. The maximum Gasteiger partial charge on any atom is 0.540 e. The van der Waals surface area contributed by atoms with Gasteiger partial charge in [-0.2, -0.15) is 19.1 Å². The lowest BCUT2D eigenvalue weighted by Crippen LogP contribution is -2.41. The van der Waals surface area contributed by atoms with Gasteiger partial charge in [0.05, 0.1) is 18.4 Å². The largest absolute Gasteiger partial charge is 0.540 e. The van der Waals surface area contributed by atoms with Crippen LogP contribution in [0.5, 0.6) is 5.75 Å². The first-order valence-electron chi connectivity index (χ1n) is 5.80. The molecule has 0 atom stereocenters. The first kappa shape index (κ1) is 16.5. The smallest absolute Gasteiger partial charge is 0.464 e. The molecule has 0 fully saturated rings. The van der Waals surface area contributed by atoms with E-state index in [1.807, 2.05) is 0 Å². The molecular formula is C12H7F4N3O4. The number of nitrogens with zero attached hydrogens (tertiary/aromatic N) is 2. The molecule has 0 bridgehead atoms. The molecule has 0 radical (unpaired) electrons. The van der Waals surface area contributed by atoms with Gasteiger partial charge in [0.25, 0.3) is 0 Å². The van der Waals surface area contributed by atoms with E-state index in [2.05, 4.69) is 24.7 Å². The Morgan fingerprint density at radius 3 is 2.70 bits per heavy atom. The number of benzene rings is 1. The number of hydrazone groups is 1. The zero-order chi connectivity index (χ0) is 17.3. The van der Waals surface area contributed by atoms with E-state index in [1.165, 1.54) is 6.07 Å². The van der Waals surface area contributed by atoms with Crippen molar-refractivity contribution < 1.29 is 36.6 Å². The first-order chi connectivity index (χ1) is 10.7. The molecule has 11 heteroatoms. The number of halogens is 4. The number of rotatable bonds is 3. The lowest BCUT2D eigenvalue weighted by molar-refractivity contribution is -0.461. The molecule has 0 aliphatic carbocycles. The predicted molar refractivity (Wildman–Crippen MR) is 65.7 cm³/mol. The lowest BCUT2D eigenvalue weighted by Gasteiger charge is -2.30. The van der Waals surface area contributed by atoms with Crippen LogP contribution in [0.15, 0.2) is 23.3 Å². The fraction of sp³-hybridized carbons (Fsp3) is 0.250. The van der Waals surface area contributed by atoms with Gasteiger partial charge >= 0.3 is 18.4 Å². The van der Waals surface area contributed by atoms with E-state index in [1.54, 1.807) is 0 Å². The molecular weight excluding hydrogens is 326 g/mol. The molecule has 23 heavy (non-hydrogen) atoms. The molecule has 122 valence electrons. The second-order valence-corrected chi connectivity index (χ2v) is 4.07. The predicted octanol–water partition coefficient (Wildman–Crippen LogP) is 2.16. The number of carbonyl (C=O) groups is 1. The van der Waals surface area contributed by atoms with E-state index >= 15 is 0 Å². The molecule has 0 saturated carbocycles. The minimum atomic E-state index is -4.47. The van der Waals surface area contributed by atoms with Gasteiger partial charge < -0.3 is 9.47 Å². The second kappa shape index (κ2) is 5.73. The van der Waals surface area contributed by atoms with Crippen molar-refractivity contribution >= 4 is 17.4 Å². The number of alkyl halides is 4. The van der Waals surface area contributed by atoms with Crippen LogP contribution in [-0.4, -0.2) is 25.1 Å². The molecule has 1 N–H and O–H groups in total. The Labute approximate surface area is 126 Å². The Balaban J connectivity index is 2.31. The Kier molecular flexibility index (Phi) is 4.11. The van der Waals surface area contributed by atoms with Gasteiger partial charge in [-0.3, -0.25) is 5.43 Å². The maximum absolute atomic E-state index is 13.5. The van der Waals surface area contributed by atoms with Crippen molar-refractivity contribution in [1.29, 1.82) is 5.26 Å². The van der Waals surface area contributed by atoms with Crippen molar-refractivity contribution in [3.8, 4) is 11.8 Å². The van der Waals surface area contributed by atoms with Crippen molar-refractivity contribution in [2.75, 3.05) is 12.5 Å². The molecule has 1 aliphatic heterocycles. The van der Waals surface area contributed by atoms with Crippen molar-refractivity contribution in [1.82, 2.24) is 0 Å². The first-order valence-corrected chi connectivity index (χ1v) is 5.80. The summed E-state index contributed by atoms with van der Waals surface area (Å²) in [7, 11) is 1.02. The van der Waals surface area contributed by atoms with Crippen LogP contribution in [0.2, 0.25) is 0 Å². The van der Waals surface area contributed by atoms with E-state index in [9.17, 15) is 22.4 Å². The number of methoxy groups -OCH3 is 1. The summed E-state index contributed by atoms with van der Waals surface area (Å²) in [5, 5.41) is 12.0. The molecule has 1 heterocycles. The van der Waals surface area contributed by atoms with Crippen LogP contribution >= 0.6 is 0 Å². The number of anilines is 1. The number of ether oxygens (including phenoxy) is 3. The number of nitriles is 1. The van der Waals surface area contributed by atoms with Gasteiger partial charge in [-0.15, -0.1) is 8.78 Å². The van der Waals surface area contributed by atoms with Gasteiger partial charge in [0.2, 0.25) is 5.71 Å². The van der Waals surface area contributed by atoms with Crippen LogP contribution in [0.25, 0.3) is 0 Å². The van der Waals surface area contributed by atoms with Crippen LogP contribution in [0, 0.1) is 11.3 Å². The highest BCUT2D eigenvalue weighted by atomic mass is 19.3. The minimum Gasteiger partial charge on any atom is -0.464 e. The Hall–Kier alpha value is -2.87. The summed E-state index contributed by atoms with van der Waals surface area (Å²) in [6.07, 6.45) is -8.78. The quantitative estimate of drug-likeness (QED) is 0.394. The highest BCUT2D eigenvalue weighted by Crippen LogP contribution is 2.46. The molecule has 2 rings (SSSR count). The van der Waals surface area contributed by atoms with Gasteiger partial charge in [-0.25, -0.2) is 9.53 Å². The van der Waals surface area contributed by atoms with Crippen LogP contribution in [0.4, 0.5) is 23.2 Å². The lowest BCUT2D eigenvalue weighted by atomic mass is 10.1. The zero-order valence-electron chi connectivity index (χ0n) is 11.3. The molecule has 0 saturated heterocycles. The number of esters is 1. The standard InChI is InChI=1S/C12H7F4N3O4/c1-21-10(20)8(5-17)19-18-6-2-3-9-7(4-6)11(13,14)23-12(15,16)22-9/h2-4,18H,1H3/b19-8+. The fourth-order valence-electron chi connectivity index (χ4n) is 1.60. The topological polar surface area (TPSA) is 92.9 Å². The summed E-state index contributed by atoms with van der Waals surface area (Å²) in [5.74, 6) is -1.83. The molecule has 7 nitrogen and oxygen atoms in total. The maximum atomic E-state index is 13.5. The Morgan fingerprint density at radius 2 is 2.09 bits per heavy atom. The monoisotopic (exact) mass is 333 g/mol. The number of hydrogen-bond acceptors (Lipinski definition) is 7. The normalized spacial score (nSPS) is 18.2. The van der Waals surface area contributed by atoms with Gasteiger partial charge in [0.15, 0.2) is 0 Å². The van der Waals surface area contributed by atoms with Crippen LogP contribution in [0.1, 0.15) is 5.56 Å². The highest BCUT2D eigenvalue weighted by Gasteiger charge is 2.54. The molecule has 0 spiro atoms. The molecule has 1 aromatic rings. The van der Waals surface area contributed by atoms with Crippen LogP contribution < -0.4 is 10.2 Å². The number of nitrogens with one attached hydrogen (secondary N) is 1. The zero-order valence-corrected chi connectivity index (χ0v) is 11.3. The van der Waals surface area contributed by atoms with E-state index in [-0.39, 0.29) is 5.69 Å². The van der Waals surface area contributed by atoms with E-state index < -0.39 is 35.4 Å². The third-order valence-corrected chi connectivity index (χ3v) is 2.55. The van der Waals surface area contributed by atoms with Gasteiger partial charge in [-0.05, 0) is 18.2 Å². The fourth-order valence-corrected chi connectivity index (χ4v) is 1.60. The summed E-state index contributed by atoms with van der Waals surface area (Å²) >= 11 is 0. The minimum absolute atomic E-state index is 0.127. The third kappa shape index (κ3) is 3.49. The van der Waals surface area contributed by atoms with Gasteiger partial charge in [0, 0.05) is 0 Å². The number of carbonyl (C=O) groups excluding carboxylic acids is 1. The summed E-state index contributed by atoms with van der Waals surface area (Å²) in [5.41, 5.74) is 0.382. The Bertz CT molecular complexity index is 715. The molecule has 0 amide bonds. The summed E-state index contributed by atoms with van der Waals surface area (Å²) in [6.45, 7) is 0. The van der Waals surface area contributed by atoms with E-state index in [4.69, 9.17) is 5.26 Å². The SMILES string of the molecule is COC(=O)/C(C#N)=N/Nc1ccc2c(c1)C(F)(F)OC(F)(F)O2. The Morgan fingerprint density at radius 1 is 1.39 bits per heavy atom. The van der Waals surface area contributed by atoms with Crippen molar-refractivity contribution in [3.63, 3.8) is 0 Å². The average Bonchev–Trinajstić information content (AvgIpc) is 2.46. The van der Waals surface area contributed by atoms with Crippen molar-refractivity contribution in [3.05, 3.63) is 23.8 Å². The highest BCUT2D eigenvalue weighted by molar-refractivity contribution is 6.43. The second-order valence-electron chi connectivity index (χ2n) is 4.07. The van der Waals surface area contributed by atoms with Crippen molar-refractivity contribution in [2.45, 2.75) is 12.4 Å². The van der Waals surface area contributed by atoms with Gasteiger partial charge in [0.1, 0.15) is 11.8 Å².